The van der Waals surface area contributed by atoms with Crippen molar-refractivity contribution < 1.29 is 5.58 Å². The van der Waals surface area contributed by atoms with E-state index in [-0.39, 0.29) is 4.75 Å². The fraction of sp³-hybridized carbons (Fsp3) is 0.455. The lowest BCUT2D eigenvalue weighted by molar-refractivity contribution is 0.608. The van der Waals surface area contributed by atoms with Gasteiger partial charge in [-0.1, -0.05) is 12.1 Å². The van der Waals surface area contributed by atoms with Crippen molar-refractivity contribution in [2.75, 3.05) is 11.9 Å². The Bertz CT molecular complexity index is 417. The van der Waals surface area contributed by atoms with Gasteiger partial charge in [0.05, 0.1) is 22.8 Å². The van der Waals surface area contributed by atoms with Crippen molar-refractivity contribution in [3.05, 3.63) is 24.2 Å². The smallest absolute Gasteiger partial charge is 0.0645 e. The molecular formula is C11H15NOS. The first-order valence-corrected chi connectivity index (χ1v) is 5.93. The van der Waals surface area contributed by atoms with Crippen molar-refractivity contribution >= 4 is 16.5 Å². The number of nitrogens with one attached hydrogen (secondary N) is 1. The molecule has 0 spiro atoms. The zero-order chi connectivity index (χ0) is 11.1. The molecule has 0 aliphatic carbocycles. The van der Waals surface area contributed by atoms with Gasteiger partial charge in [0.25, 0.3) is 0 Å². The minimum Gasteiger partial charge on any atom is -0.384 e. The van der Waals surface area contributed by atoms with Crippen LogP contribution in [0.25, 0.3) is 0 Å². The maximum absolute atomic E-state index is 12.3. The van der Waals surface area contributed by atoms with Crippen LogP contribution < -0.4 is 5.32 Å². The average Bonchev–Trinajstić information content (AvgIpc) is 2.28. The molecule has 0 amide bonds. The van der Waals surface area contributed by atoms with Gasteiger partial charge in [0.1, 0.15) is 0 Å². The second-order valence-electron chi connectivity index (χ2n) is 4.11. The van der Waals surface area contributed by atoms with E-state index in [0.717, 1.165) is 23.5 Å². The van der Waals surface area contributed by atoms with E-state index in [1.165, 1.54) is 0 Å². The molecule has 0 bridgehead atoms. The summed E-state index contributed by atoms with van der Waals surface area (Å²) in [7, 11) is -1.04. The van der Waals surface area contributed by atoms with Crippen molar-refractivity contribution in [3.8, 4) is 0 Å². The van der Waals surface area contributed by atoms with Crippen molar-refractivity contribution in [3.63, 3.8) is 0 Å². The largest absolute Gasteiger partial charge is 0.384 e. The molecule has 1 atom stereocenters. The molecule has 0 radical (unpaired) electrons. The summed E-state index contributed by atoms with van der Waals surface area (Å²) in [5.41, 5.74) is 0.737. The van der Waals surface area contributed by atoms with E-state index >= 15 is 0 Å². The number of hydrogen-bond donors (Lipinski definition) is 1. The maximum atomic E-state index is 12.3. The van der Waals surface area contributed by atoms with Crippen LogP contribution in [0, 0.1) is 0 Å². The molecule has 1 aliphatic heterocycles. The van der Waals surface area contributed by atoms with Crippen LogP contribution in [-0.2, 0) is 10.8 Å². The van der Waals surface area contributed by atoms with Gasteiger partial charge < -0.3 is 5.32 Å². The highest BCUT2D eigenvalue weighted by Crippen LogP contribution is 2.32. The molecule has 3 heteroatoms. The fourth-order valence-corrected chi connectivity index (χ4v) is 2.99. The Balaban J connectivity index is 2.57. The highest BCUT2D eigenvalue weighted by atomic mass is 32.2. The number of anilines is 1. The van der Waals surface area contributed by atoms with Crippen LogP contribution in [0.4, 0.5) is 5.69 Å². The Morgan fingerprint density at radius 1 is 1.57 bits per heavy atom. The summed E-state index contributed by atoms with van der Waals surface area (Å²) in [6, 6.07) is 5.80. The third-order valence-corrected chi connectivity index (χ3v) is 4.50. The minimum absolute atomic E-state index is 0.216. The zero-order valence-corrected chi connectivity index (χ0v) is 9.28. The molecule has 1 aromatic rings. The molecule has 0 saturated heterocycles. The van der Waals surface area contributed by atoms with Gasteiger partial charge in [0.15, 0.2) is 0 Å². The van der Waals surface area contributed by atoms with Crippen LogP contribution in [0.15, 0.2) is 29.1 Å². The molecule has 1 heterocycles. The third kappa shape index (κ3) is 1.57. The molecule has 2 rings (SSSR count). The van der Waals surface area contributed by atoms with Gasteiger partial charge in [-0.2, -0.15) is 0 Å². The van der Waals surface area contributed by atoms with Crippen LogP contribution in [0.3, 0.4) is 0 Å². The Labute approximate surface area is 88.6 Å². The summed E-state index contributed by atoms with van der Waals surface area (Å²) in [5, 5.41) is 3.20. The second-order valence-corrected chi connectivity index (χ2v) is 6.20. The Morgan fingerprint density at radius 2 is 2.36 bits per heavy atom. The van der Waals surface area contributed by atoms with Crippen molar-refractivity contribution in [1.29, 1.82) is 0 Å². The van der Waals surface area contributed by atoms with E-state index in [2.05, 4.69) is 5.32 Å². The van der Waals surface area contributed by atoms with Crippen LogP contribution >= 0.6 is 0 Å². The topological polar surface area (TPSA) is 29.1 Å². The van der Waals surface area contributed by atoms with E-state index in [9.17, 15) is 4.21 Å². The molecule has 1 N–H and O–H groups in total. The van der Waals surface area contributed by atoms with E-state index in [0.29, 0.717) is 6.04 Å². The lowest BCUT2D eigenvalue weighted by Gasteiger charge is -2.20. The summed E-state index contributed by atoms with van der Waals surface area (Å²) in [4.78, 5) is 0.769. The SMILES string of the molecule is [2H]c1cccc2c1NCCC(C)(C)[S@]2=O. The molecule has 14 heavy (non-hydrogen) atoms. The number of para-hydroxylation sites is 1. The van der Waals surface area contributed by atoms with Crippen molar-refractivity contribution in [2.45, 2.75) is 29.9 Å². The monoisotopic (exact) mass is 210 g/mol. The summed E-state index contributed by atoms with van der Waals surface area (Å²) < 4.78 is 19.9. The molecule has 1 aliphatic rings. The standard InChI is InChI=1S/C11H15NOS/c1-11(2)7-8-12-9-5-3-4-6-10(9)14(11)13/h3-6,12H,7-8H2,1-2H3/t14-/m0/s1/i5D. The van der Waals surface area contributed by atoms with E-state index < -0.39 is 10.8 Å². The van der Waals surface area contributed by atoms with E-state index in [4.69, 9.17) is 1.37 Å². The van der Waals surface area contributed by atoms with Crippen molar-refractivity contribution in [1.82, 2.24) is 0 Å². The molecule has 2 nitrogen and oxygen atoms in total. The molecule has 0 aromatic heterocycles. The first kappa shape index (κ1) is 8.48. The maximum Gasteiger partial charge on any atom is 0.0645 e. The Hall–Kier alpha value is -0.830. The van der Waals surface area contributed by atoms with Crippen molar-refractivity contribution in [2.24, 2.45) is 0 Å². The molecule has 0 unspecified atom stereocenters. The van der Waals surface area contributed by atoms with Crippen LogP contribution in [-0.4, -0.2) is 15.5 Å². The Kier molecular flexibility index (Phi) is 2.05. The summed E-state index contributed by atoms with van der Waals surface area (Å²) in [6.45, 7) is 4.80. The number of fused-ring (bicyclic) bond motifs is 1. The first-order chi connectivity index (χ1) is 7.02. The van der Waals surface area contributed by atoms with E-state index in [1.807, 2.05) is 19.9 Å². The summed E-state index contributed by atoms with van der Waals surface area (Å²) in [6.07, 6.45) is 0.855. The van der Waals surface area contributed by atoms with Gasteiger partial charge in [0, 0.05) is 11.3 Å². The highest BCUT2D eigenvalue weighted by molar-refractivity contribution is 7.86. The van der Waals surface area contributed by atoms with Gasteiger partial charge in [-0.15, -0.1) is 0 Å². The van der Waals surface area contributed by atoms with Crippen LogP contribution in [0.5, 0.6) is 0 Å². The fourth-order valence-electron chi connectivity index (χ4n) is 1.59. The molecule has 1 aromatic carbocycles. The quantitative estimate of drug-likeness (QED) is 0.712. The molecular weight excluding hydrogens is 194 g/mol. The highest BCUT2D eigenvalue weighted by Gasteiger charge is 2.30. The number of benzene rings is 1. The van der Waals surface area contributed by atoms with E-state index in [1.54, 1.807) is 12.1 Å². The number of hydrogen-bond acceptors (Lipinski definition) is 2. The number of rotatable bonds is 0. The van der Waals surface area contributed by atoms with Gasteiger partial charge in [-0.05, 0) is 32.4 Å². The zero-order valence-electron chi connectivity index (χ0n) is 9.46. The molecule has 76 valence electrons. The van der Waals surface area contributed by atoms with Gasteiger partial charge >= 0.3 is 0 Å². The summed E-state index contributed by atoms with van der Waals surface area (Å²) in [5.74, 6) is 0. The van der Waals surface area contributed by atoms with Gasteiger partial charge in [0.2, 0.25) is 0 Å². The lowest BCUT2D eigenvalue weighted by Crippen LogP contribution is -2.26. The lowest BCUT2D eigenvalue weighted by atomic mass is 10.1. The average molecular weight is 210 g/mol. The van der Waals surface area contributed by atoms with Crippen LogP contribution in [0.1, 0.15) is 21.6 Å². The third-order valence-electron chi connectivity index (χ3n) is 2.55. The van der Waals surface area contributed by atoms with Crippen LogP contribution in [0.2, 0.25) is 0 Å². The minimum atomic E-state index is -1.04. The molecule has 0 saturated carbocycles. The van der Waals surface area contributed by atoms with Gasteiger partial charge in [-0.25, -0.2) is 0 Å². The second kappa shape index (κ2) is 3.39. The predicted molar refractivity (Wildman–Crippen MR) is 60.0 cm³/mol. The predicted octanol–water partition coefficient (Wildman–Crippen LogP) is 2.39. The first-order valence-electron chi connectivity index (χ1n) is 5.28. The summed E-state index contributed by atoms with van der Waals surface area (Å²) >= 11 is 0. The molecule has 0 fully saturated rings. The normalized spacial score (nSPS) is 25.6. The van der Waals surface area contributed by atoms with Gasteiger partial charge in [-0.3, -0.25) is 4.21 Å². The Morgan fingerprint density at radius 3 is 3.14 bits per heavy atom.